The summed E-state index contributed by atoms with van der Waals surface area (Å²) in [6, 6.07) is 10.0. The van der Waals surface area contributed by atoms with E-state index in [-0.39, 0.29) is 11.9 Å². The van der Waals surface area contributed by atoms with Crippen LogP contribution in [0.4, 0.5) is 0 Å². The van der Waals surface area contributed by atoms with E-state index in [1.54, 1.807) is 0 Å². The average molecular weight is 335 g/mol. The maximum atomic E-state index is 12.7. The molecule has 3 aromatic rings. The number of aromatic nitrogens is 4. The largest absolute Gasteiger partial charge is 0.327 e. The molecular weight excluding hydrogens is 314 g/mol. The van der Waals surface area contributed by atoms with E-state index in [2.05, 4.69) is 38.8 Å². The molecule has 128 valence electrons. The number of hydrogen-bond acceptors (Lipinski definition) is 3. The van der Waals surface area contributed by atoms with Gasteiger partial charge in [0.1, 0.15) is 0 Å². The van der Waals surface area contributed by atoms with Gasteiger partial charge in [0, 0.05) is 6.54 Å². The predicted molar refractivity (Wildman–Crippen MR) is 96.3 cm³/mol. The lowest BCUT2D eigenvalue weighted by atomic mass is 10.1. The summed E-state index contributed by atoms with van der Waals surface area (Å²) >= 11 is 0. The summed E-state index contributed by atoms with van der Waals surface area (Å²) in [4.78, 5) is 19.0. The summed E-state index contributed by atoms with van der Waals surface area (Å²) in [5.41, 5.74) is 3.40. The van der Waals surface area contributed by atoms with Crippen molar-refractivity contribution in [1.82, 2.24) is 24.6 Å². The van der Waals surface area contributed by atoms with Crippen molar-refractivity contribution in [2.45, 2.75) is 32.4 Å². The molecule has 1 amide bonds. The van der Waals surface area contributed by atoms with E-state index in [0.29, 0.717) is 18.8 Å². The van der Waals surface area contributed by atoms with Crippen LogP contribution in [0.15, 0.2) is 48.8 Å². The molecule has 0 spiro atoms. The normalized spacial score (nSPS) is 16.8. The molecule has 4 rings (SSSR count). The van der Waals surface area contributed by atoms with E-state index < -0.39 is 0 Å². The Kier molecular flexibility index (Phi) is 4.09. The van der Waals surface area contributed by atoms with Gasteiger partial charge in [0.05, 0.1) is 35.6 Å². The Morgan fingerprint density at radius 2 is 2.24 bits per heavy atom. The van der Waals surface area contributed by atoms with Crippen LogP contribution in [-0.2, 0) is 6.54 Å². The number of rotatable bonds is 5. The fourth-order valence-electron chi connectivity index (χ4n) is 3.37. The molecule has 2 aromatic heterocycles. The summed E-state index contributed by atoms with van der Waals surface area (Å²) in [5, 5.41) is 7.23. The molecule has 0 unspecified atom stereocenters. The Balaban J connectivity index is 1.51. The number of nitrogens with one attached hydrogen (secondary N) is 1. The van der Waals surface area contributed by atoms with Crippen molar-refractivity contribution >= 4 is 16.9 Å². The Labute approximate surface area is 146 Å². The highest BCUT2D eigenvalue weighted by Gasteiger charge is 2.26. The lowest BCUT2D eigenvalue weighted by Crippen LogP contribution is -2.36. The van der Waals surface area contributed by atoms with Gasteiger partial charge in [-0.25, -0.2) is 4.98 Å². The zero-order valence-corrected chi connectivity index (χ0v) is 14.2. The number of aromatic amines is 1. The second-order valence-electron chi connectivity index (χ2n) is 6.38. The highest BCUT2D eigenvalue weighted by molar-refractivity contribution is 5.93. The van der Waals surface area contributed by atoms with Crippen LogP contribution in [0, 0.1) is 0 Å². The van der Waals surface area contributed by atoms with E-state index >= 15 is 0 Å². The molecule has 1 aliphatic heterocycles. The van der Waals surface area contributed by atoms with Crippen LogP contribution in [0.5, 0.6) is 0 Å². The van der Waals surface area contributed by atoms with E-state index in [1.165, 1.54) is 0 Å². The number of fused-ring (bicyclic) bond motifs is 1. The van der Waals surface area contributed by atoms with Gasteiger partial charge in [-0.3, -0.25) is 9.89 Å². The SMILES string of the molecule is CCC[C@H]1C=CCN1C(=O)c1cc(Cn2cnc3ccccc32)[nH]n1. The van der Waals surface area contributed by atoms with Crippen molar-refractivity contribution in [2.24, 2.45) is 0 Å². The molecule has 1 aromatic carbocycles. The van der Waals surface area contributed by atoms with Gasteiger partial charge in [0.2, 0.25) is 0 Å². The predicted octanol–water partition coefficient (Wildman–Crippen LogP) is 2.99. The van der Waals surface area contributed by atoms with E-state index in [9.17, 15) is 4.79 Å². The number of nitrogens with zero attached hydrogens (tertiary/aromatic N) is 4. The van der Waals surface area contributed by atoms with Crippen molar-refractivity contribution in [3.05, 3.63) is 60.2 Å². The second-order valence-corrected chi connectivity index (χ2v) is 6.38. The highest BCUT2D eigenvalue weighted by Crippen LogP contribution is 2.19. The van der Waals surface area contributed by atoms with Crippen LogP contribution in [0.3, 0.4) is 0 Å². The Morgan fingerprint density at radius 3 is 3.12 bits per heavy atom. The van der Waals surface area contributed by atoms with Crippen molar-refractivity contribution < 1.29 is 4.79 Å². The molecule has 6 heteroatoms. The van der Waals surface area contributed by atoms with E-state index in [0.717, 1.165) is 29.6 Å². The molecule has 3 heterocycles. The van der Waals surface area contributed by atoms with Crippen LogP contribution in [0.1, 0.15) is 35.9 Å². The zero-order chi connectivity index (χ0) is 17.2. The van der Waals surface area contributed by atoms with Crippen LogP contribution < -0.4 is 0 Å². The molecule has 0 radical (unpaired) electrons. The molecule has 0 saturated heterocycles. The zero-order valence-electron chi connectivity index (χ0n) is 14.2. The molecule has 0 fully saturated rings. The fraction of sp³-hybridized carbons (Fsp3) is 0.316. The number of carbonyl (C=O) groups excluding carboxylic acids is 1. The third-order valence-corrected chi connectivity index (χ3v) is 4.62. The fourth-order valence-corrected chi connectivity index (χ4v) is 3.37. The lowest BCUT2D eigenvalue weighted by Gasteiger charge is -2.23. The molecule has 25 heavy (non-hydrogen) atoms. The van der Waals surface area contributed by atoms with Gasteiger partial charge >= 0.3 is 0 Å². The number of benzene rings is 1. The smallest absolute Gasteiger partial charge is 0.275 e. The number of imidazole rings is 1. The molecule has 0 aliphatic carbocycles. The van der Waals surface area contributed by atoms with Gasteiger partial charge in [0.15, 0.2) is 5.69 Å². The minimum Gasteiger partial charge on any atom is -0.327 e. The van der Waals surface area contributed by atoms with E-state index in [1.807, 2.05) is 41.6 Å². The number of H-pyrrole nitrogens is 1. The first-order valence-corrected chi connectivity index (χ1v) is 8.68. The van der Waals surface area contributed by atoms with Crippen LogP contribution in [0.25, 0.3) is 11.0 Å². The molecule has 0 saturated carbocycles. The van der Waals surface area contributed by atoms with Crippen LogP contribution in [0.2, 0.25) is 0 Å². The summed E-state index contributed by atoms with van der Waals surface area (Å²) in [6.07, 6.45) is 8.03. The first-order valence-electron chi connectivity index (χ1n) is 8.68. The first kappa shape index (κ1) is 15.6. The molecule has 0 bridgehead atoms. The third kappa shape index (κ3) is 2.95. The Morgan fingerprint density at radius 1 is 1.36 bits per heavy atom. The molecular formula is C19H21N5O. The summed E-state index contributed by atoms with van der Waals surface area (Å²) in [6.45, 7) is 3.41. The lowest BCUT2D eigenvalue weighted by molar-refractivity contribution is 0.0738. The summed E-state index contributed by atoms with van der Waals surface area (Å²) in [5.74, 6) is -0.0126. The number of para-hydroxylation sites is 2. The third-order valence-electron chi connectivity index (χ3n) is 4.62. The van der Waals surface area contributed by atoms with Crippen molar-refractivity contribution in [2.75, 3.05) is 6.54 Å². The number of hydrogen-bond donors (Lipinski definition) is 1. The maximum Gasteiger partial charge on any atom is 0.275 e. The quantitative estimate of drug-likeness (QED) is 0.729. The summed E-state index contributed by atoms with van der Waals surface area (Å²) in [7, 11) is 0. The minimum absolute atomic E-state index is 0.0126. The first-order chi connectivity index (χ1) is 12.3. The highest BCUT2D eigenvalue weighted by atomic mass is 16.2. The topological polar surface area (TPSA) is 66.8 Å². The van der Waals surface area contributed by atoms with Crippen molar-refractivity contribution in [1.29, 1.82) is 0 Å². The molecule has 1 atom stereocenters. The van der Waals surface area contributed by atoms with Gasteiger partial charge in [-0.05, 0) is 24.6 Å². The van der Waals surface area contributed by atoms with Crippen LogP contribution in [-0.4, -0.2) is 43.1 Å². The van der Waals surface area contributed by atoms with Gasteiger partial charge in [-0.1, -0.05) is 37.6 Å². The van der Waals surface area contributed by atoms with Gasteiger partial charge in [0.25, 0.3) is 5.91 Å². The van der Waals surface area contributed by atoms with Crippen molar-refractivity contribution in [3.63, 3.8) is 0 Å². The average Bonchev–Trinajstić information content (AvgIpc) is 3.36. The maximum absolute atomic E-state index is 12.7. The molecule has 6 nitrogen and oxygen atoms in total. The standard InChI is InChI=1S/C19H21N5O/c1-2-6-15-7-5-10-24(15)19(25)17-11-14(21-22-17)12-23-13-20-16-8-3-4-9-18(16)23/h3-5,7-9,11,13,15H,2,6,10,12H2,1H3,(H,21,22)/t15-/m0/s1. The Hall–Kier alpha value is -2.89. The Bertz CT molecular complexity index is 923. The second kappa shape index (κ2) is 6.55. The van der Waals surface area contributed by atoms with Gasteiger partial charge in [-0.15, -0.1) is 0 Å². The molecule has 1 aliphatic rings. The van der Waals surface area contributed by atoms with E-state index in [4.69, 9.17) is 0 Å². The summed E-state index contributed by atoms with van der Waals surface area (Å²) < 4.78 is 2.05. The molecule has 1 N–H and O–H groups in total. The minimum atomic E-state index is -0.0126. The number of carbonyl (C=O) groups is 1. The van der Waals surface area contributed by atoms with Crippen LogP contribution >= 0.6 is 0 Å². The monoisotopic (exact) mass is 335 g/mol. The van der Waals surface area contributed by atoms with Gasteiger partial charge in [-0.2, -0.15) is 5.10 Å². The van der Waals surface area contributed by atoms with Crippen molar-refractivity contribution in [3.8, 4) is 0 Å². The van der Waals surface area contributed by atoms with Gasteiger partial charge < -0.3 is 9.47 Å². The number of amides is 1.